The van der Waals surface area contributed by atoms with Crippen LogP contribution in [-0.2, 0) is 11.2 Å². The number of amides is 1. The van der Waals surface area contributed by atoms with Gasteiger partial charge in [0.1, 0.15) is 0 Å². The third-order valence-corrected chi connectivity index (χ3v) is 4.66. The Morgan fingerprint density at radius 3 is 2.62 bits per heavy atom. The summed E-state index contributed by atoms with van der Waals surface area (Å²) in [6, 6.07) is 14.9. The zero-order valence-corrected chi connectivity index (χ0v) is 14.0. The van der Waals surface area contributed by atoms with Crippen molar-refractivity contribution < 1.29 is 4.79 Å². The highest BCUT2D eigenvalue weighted by atomic mass is 32.2. The summed E-state index contributed by atoms with van der Waals surface area (Å²) >= 11 is 1.18. The Hall–Kier alpha value is -2.60. The molecule has 6 heteroatoms. The third-order valence-electron chi connectivity index (χ3n) is 3.70. The van der Waals surface area contributed by atoms with Crippen LogP contribution >= 0.6 is 11.8 Å². The van der Waals surface area contributed by atoms with Gasteiger partial charge in [-0.3, -0.25) is 14.2 Å². The molecule has 1 heterocycles. The van der Waals surface area contributed by atoms with Crippen molar-refractivity contribution in [2.24, 2.45) is 5.73 Å². The molecule has 0 aliphatic carbocycles. The van der Waals surface area contributed by atoms with Gasteiger partial charge >= 0.3 is 0 Å². The van der Waals surface area contributed by atoms with Crippen LogP contribution in [0.15, 0.2) is 58.5 Å². The van der Waals surface area contributed by atoms with Crippen molar-refractivity contribution in [3.8, 4) is 5.69 Å². The Bertz CT molecular complexity index is 966. The van der Waals surface area contributed by atoms with Crippen molar-refractivity contribution in [3.63, 3.8) is 0 Å². The summed E-state index contributed by atoms with van der Waals surface area (Å²) in [6.45, 7) is 2.04. The Labute approximate surface area is 143 Å². The highest BCUT2D eigenvalue weighted by molar-refractivity contribution is 7.99. The molecular weight excluding hydrogens is 322 g/mol. The minimum Gasteiger partial charge on any atom is -0.369 e. The summed E-state index contributed by atoms with van der Waals surface area (Å²) in [5, 5.41) is 1.02. The van der Waals surface area contributed by atoms with Gasteiger partial charge in [-0.2, -0.15) is 0 Å². The van der Waals surface area contributed by atoms with Gasteiger partial charge in [0.05, 0.1) is 22.3 Å². The molecule has 1 amide bonds. The molecule has 0 unspecified atom stereocenters. The van der Waals surface area contributed by atoms with Crippen LogP contribution in [0.3, 0.4) is 0 Å². The Morgan fingerprint density at radius 1 is 1.17 bits per heavy atom. The molecule has 122 valence electrons. The van der Waals surface area contributed by atoms with E-state index >= 15 is 0 Å². The minimum atomic E-state index is -0.447. The van der Waals surface area contributed by atoms with E-state index in [1.54, 1.807) is 16.7 Å². The fourth-order valence-electron chi connectivity index (χ4n) is 2.59. The number of hydrogen-bond acceptors (Lipinski definition) is 4. The molecule has 1 aromatic heterocycles. The summed E-state index contributed by atoms with van der Waals surface area (Å²) in [5.41, 5.74) is 7.55. The topological polar surface area (TPSA) is 78.0 Å². The van der Waals surface area contributed by atoms with Crippen LogP contribution in [0.1, 0.15) is 12.5 Å². The summed E-state index contributed by atoms with van der Waals surface area (Å²) < 4.78 is 1.58. The van der Waals surface area contributed by atoms with Gasteiger partial charge in [-0.05, 0) is 30.2 Å². The molecule has 3 aromatic rings. The lowest BCUT2D eigenvalue weighted by Crippen LogP contribution is -2.23. The fourth-order valence-corrected chi connectivity index (χ4v) is 3.33. The Balaban J connectivity index is 2.31. The number of hydrogen-bond donors (Lipinski definition) is 1. The summed E-state index contributed by atoms with van der Waals surface area (Å²) in [7, 11) is 0. The largest absolute Gasteiger partial charge is 0.369 e. The van der Waals surface area contributed by atoms with E-state index in [4.69, 9.17) is 5.73 Å². The van der Waals surface area contributed by atoms with Crippen LogP contribution in [0.2, 0.25) is 0 Å². The number of carbonyl (C=O) groups is 1. The van der Waals surface area contributed by atoms with Gasteiger partial charge < -0.3 is 5.73 Å². The van der Waals surface area contributed by atoms with E-state index in [9.17, 15) is 9.59 Å². The van der Waals surface area contributed by atoms with Gasteiger partial charge in [0, 0.05) is 0 Å². The molecule has 0 saturated heterocycles. The van der Waals surface area contributed by atoms with Crippen LogP contribution in [0, 0.1) is 0 Å². The van der Waals surface area contributed by atoms with Crippen molar-refractivity contribution in [1.82, 2.24) is 9.55 Å². The SMILES string of the molecule is CCc1ccccc1-n1c(SCC(N)=O)nc2ccccc2c1=O. The highest BCUT2D eigenvalue weighted by Crippen LogP contribution is 2.23. The maximum atomic E-state index is 13.1. The third kappa shape index (κ3) is 3.05. The van der Waals surface area contributed by atoms with E-state index in [-0.39, 0.29) is 11.3 Å². The van der Waals surface area contributed by atoms with Gasteiger partial charge in [0.25, 0.3) is 5.56 Å². The number of para-hydroxylation sites is 2. The quantitative estimate of drug-likeness (QED) is 0.572. The number of aryl methyl sites for hydroxylation is 1. The van der Waals surface area contributed by atoms with E-state index < -0.39 is 5.91 Å². The summed E-state index contributed by atoms with van der Waals surface area (Å²) in [5.74, 6) is -0.378. The van der Waals surface area contributed by atoms with Gasteiger partial charge in [-0.1, -0.05) is 49.0 Å². The lowest BCUT2D eigenvalue weighted by molar-refractivity contribution is -0.115. The maximum Gasteiger partial charge on any atom is 0.266 e. The number of nitrogens with two attached hydrogens (primary N) is 1. The van der Waals surface area contributed by atoms with E-state index in [1.807, 2.05) is 43.3 Å². The maximum absolute atomic E-state index is 13.1. The summed E-state index contributed by atoms with van der Waals surface area (Å²) in [6.07, 6.45) is 0.787. The van der Waals surface area contributed by atoms with Crippen molar-refractivity contribution in [3.05, 3.63) is 64.4 Å². The molecule has 0 radical (unpaired) electrons. The average molecular weight is 339 g/mol. The average Bonchev–Trinajstić information content (AvgIpc) is 2.60. The molecule has 2 aromatic carbocycles. The van der Waals surface area contributed by atoms with Gasteiger partial charge in [-0.25, -0.2) is 4.98 Å². The smallest absolute Gasteiger partial charge is 0.266 e. The van der Waals surface area contributed by atoms with Crippen molar-refractivity contribution >= 4 is 28.6 Å². The molecule has 0 aliphatic heterocycles. The first-order valence-electron chi connectivity index (χ1n) is 7.63. The van der Waals surface area contributed by atoms with E-state index in [0.717, 1.165) is 17.7 Å². The van der Waals surface area contributed by atoms with Crippen molar-refractivity contribution in [2.75, 3.05) is 5.75 Å². The molecule has 0 saturated carbocycles. The van der Waals surface area contributed by atoms with Gasteiger partial charge in [0.2, 0.25) is 5.91 Å². The van der Waals surface area contributed by atoms with Crippen LogP contribution in [-0.4, -0.2) is 21.2 Å². The molecule has 0 spiro atoms. The number of aromatic nitrogens is 2. The molecule has 0 bridgehead atoms. The zero-order valence-electron chi connectivity index (χ0n) is 13.2. The predicted molar refractivity (Wildman–Crippen MR) is 96.6 cm³/mol. The second-order valence-corrected chi connectivity index (χ2v) is 6.23. The van der Waals surface area contributed by atoms with Gasteiger partial charge in [0.15, 0.2) is 5.16 Å². The number of primary amides is 1. The highest BCUT2D eigenvalue weighted by Gasteiger charge is 2.15. The van der Waals surface area contributed by atoms with Crippen LogP contribution in [0.5, 0.6) is 0 Å². The normalized spacial score (nSPS) is 10.9. The lowest BCUT2D eigenvalue weighted by Gasteiger charge is -2.15. The minimum absolute atomic E-state index is 0.0685. The molecule has 5 nitrogen and oxygen atoms in total. The number of rotatable bonds is 5. The lowest BCUT2D eigenvalue weighted by atomic mass is 10.1. The summed E-state index contributed by atoms with van der Waals surface area (Å²) in [4.78, 5) is 28.8. The first-order chi connectivity index (χ1) is 11.6. The van der Waals surface area contributed by atoms with E-state index in [2.05, 4.69) is 4.98 Å². The number of fused-ring (bicyclic) bond motifs is 1. The van der Waals surface area contributed by atoms with Crippen LogP contribution in [0.4, 0.5) is 0 Å². The predicted octanol–water partition coefficient (Wildman–Crippen LogP) is 2.53. The molecule has 0 aliphatic rings. The molecule has 3 rings (SSSR count). The fraction of sp³-hybridized carbons (Fsp3) is 0.167. The monoisotopic (exact) mass is 339 g/mol. The number of nitrogens with zero attached hydrogens (tertiary/aromatic N) is 2. The van der Waals surface area contributed by atoms with Gasteiger partial charge in [-0.15, -0.1) is 0 Å². The molecular formula is C18H17N3O2S. The Morgan fingerprint density at radius 2 is 1.88 bits per heavy atom. The van der Waals surface area contributed by atoms with E-state index in [0.29, 0.717) is 16.1 Å². The Kier molecular flexibility index (Phi) is 4.66. The number of thioether (sulfide) groups is 1. The zero-order chi connectivity index (χ0) is 17.1. The molecule has 0 atom stereocenters. The molecule has 24 heavy (non-hydrogen) atoms. The van der Waals surface area contributed by atoms with Crippen molar-refractivity contribution in [2.45, 2.75) is 18.5 Å². The van der Waals surface area contributed by atoms with Crippen molar-refractivity contribution in [1.29, 1.82) is 0 Å². The number of carbonyl (C=O) groups excluding carboxylic acids is 1. The first-order valence-corrected chi connectivity index (χ1v) is 8.61. The molecule has 2 N–H and O–H groups in total. The standard InChI is InChI=1S/C18H17N3O2S/c1-2-12-7-3-6-10-15(12)21-17(23)13-8-4-5-9-14(13)20-18(21)24-11-16(19)22/h3-10H,2,11H2,1H3,(H2,19,22). The van der Waals surface area contributed by atoms with Crippen LogP contribution in [0.25, 0.3) is 16.6 Å². The van der Waals surface area contributed by atoms with E-state index in [1.165, 1.54) is 11.8 Å². The number of benzene rings is 2. The second kappa shape index (κ2) is 6.88. The first kappa shape index (κ1) is 16.3. The van der Waals surface area contributed by atoms with Crippen LogP contribution < -0.4 is 11.3 Å². The molecule has 0 fully saturated rings. The second-order valence-electron chi connectivity index (χ2n) is 5.29.